The largest absolute Gasteiger partial charge is 0.443 e. The molecule has 2 heterocycles. The van der Waals surface area contributed by atoms with Crippen LogP contribution in [-0.4, -0.2) is 76.5 Å². The van der Waals surface area contributed by atoms with Gasteiger partial charge in [0.25, 0.3) is 11.8 Å². The third-order valence-electron chi connectivity index (χ3n) is 8.54. The lowest BCUT2D eigenvalue weighted by Gasteiger charge is -2.35. The predicted octanol–water partition coefficient (Wildman–Crippen LogP) is 4.87. The van der Waals surface area contributed by atoms with E-state index in [1.54, 1.807) is 53.7 Å². The number of benzene rings is 2. The van der Waals surface area contributed by atoms with Crippen molar-refractivity contribution < 1.29 is 43.3 Å². The monoisotopic (exact) mass is 703 g/mol. The van der Waals surface area contributed by atoms with E-state index in [9.17, 15) is 34.3 Å². The van der Waals surface area contributed by atoms with Gasteiger partial charge in [-0.3, -0.25) is 14.4 Å². The second kappa shape index (κ2) is 14.7. The zero-order chi connectivity index (χ0) is 37.2. The molecule has 0 radical (unpaired) electrons. The number of nitriles is 1. The number of fused-ring (bicyclic) bond motifs is 1. The number of anilines is 3. The summed E-state index contributed by atoms with van der Waals surface area (Å²) in [5.41, 5.74) is 0.635. The first kappa shape index (κ1) is 37.3. The van der Waals surface area contributed by atoms with Gasteiger partial charge in [-0.1, -0.05) is 18.9 Å². The highest BCUT2D eigenvalue weighted by molar-refractivity contribution is 6.04. The van der Waals surface area contributed by atoms with Gasteiger partial charge in [0, 0.05) is 29.5 Å². The Morgan fingerprint density at radius 2 is 1.73 bits per heavy atom. The Morgan fingerprint density at radius 3 is 2.33 bits per heavy atom. The number of rotatable bonds is 8. The number of nitrogens with zero attached hydrogens (tertiary/aromatic N) is 3. The second-order valence-corrected chi connectivity index (χ2v) is 15.2. The van der Waals surface area contributed by atoms with Crippen LogP contribution in [0.1, 0.15) is 77.5 Å². The maximum absolute atomic E-state index is 13.6. The second-order valence-electron chi connectivity index (χ2n) is 15.2. The molecule has 3 aliphatic rings. The number of aliphatic hydroxyl groups excluding tert-OH is 1. The molecule has 2 aliphatic heterocycles. The van der Waals surface area contributed by atoms with Crippen molar-refractivity contribution in [3.63, 3.8) is 0 Å². The zero-order valence-electron chi connectivity index (χ0n) is 29.8. The van der Waals surface area contributed by atoms with Crippen molar-refractivity contribution in [2.75, 3.05) is 28.7 Å². The van der Waals surface area contributed by atoms with Crippen molar-refractivity contribution in [3.05, 3.63) is 53.1 Å². The quantitative estimate of drug-likeness (QED) is 0.342. The van der Waals surface area contributed by atoms with Gasteiger partial charge in [0.2, 0.25) is 5.91 Å². The third-order valence-corrected chi connectivity index (χ3v) is 8.54. The number of amides is 5. The van der Waals surface area contributed by atoms with Crippen LogP contribution in [0.25, 0.3) is 0 Å². The Hall–Kier alpha value is -5.00. The molecule has 14 nitrogen and oxygen atoms in total. The topological polar surface area (TPSA) is 188 Å². The zero-order valence-corrected chi connectivity index (χ0v) is 29.8. The Morgan fingerprint density at radius 1 is 1.06 bits per heavy atom. The number of aliphatic hydroxyl groups is 1. The highest BCUT2D eigenvalue weighted by Gasteiger charge is 2.40. The fraction of sp³-hybridized carbons (Fsp3) is 0.514. The smallest absolute Gasteiger partial charge is 0.420 e. The van der Waals surface area contributed by atoms with Crippen LogP contribution in [0.3, 0.4) is 0 Å². The minimum absolute atomic E-state index is 0.0295. The minimum Gasteiger partial charge on any atom is -0.443 e. The average Bonchev–Trinajstić information content (AvgIpc) is 3.86. The van der Waals surface area contributed by atoms with E-state index in [1.807, 2.05) is 12.1 Å². The summed E-state index contributed by atoms with van der Waals surface area (Å²) in [6, 6.07) is 11.6. The number of hydrogen-bond donors (Lipinski definition) is 3. The van der Waals surface area contributed by atoms with Crippen molar-refractivity contribution in [1.29, 1.82) is 5.26 Å². The molecular formula is C37H45N5O9. The molecule has 3 atom stereocenters. The molecule has 5 amide bonds. The molecule has 1 aliphatic carbocycles. The molecule has 14 heteroatoms. The normalized spacial score (nSPS) is 19.6. The van der Waals surface area contributed by atoms with Crippen molar-refractivity contribution in [2.24, 2.45) is 11.8 Å². The van der Waals surface area contributed by atoms with Crippen LogP contribution in [0.2, 0.25) is 0 Å². The van der Waals surface area contributed by atoms with Gasteiger partial charge in [-0.25, -0.2) is 14.5 Å². The lowest BCUT2D eigenvalue weighted by atomic mass is 9.89. The fourth-order valence-electron chi connectivity index (χ4n) is 5.93. The summed E-state index contributed by atoms with van der Waals surface area (Å²) in [5.74, 6) is -1.08. The van der Waals surface area contributed by atoms with E-state index in [-0.39, 0.29) is 41.8 Å². The van der Waals surface area contributed by atoms with Crippen molar-refractivity contribution >= 4 is 47.0 Å². The van der Waals surface area contributed by atoms with E-state index < -0.39 is 54.0 Å². The number of nitrogens with one attached hydrogen (secondary N) is 2. The SMILES string of the molecule is CC(C)(C)OC(=O)N(Cc1cc(NC(=O)[C@H](O)[C@H]2OCCN(c3ccc4c(c3)NC(=O)C(CC3CC3)C4)C2=O)ccc1C#N)C(=O)OC(C)(C)C. The molecule has 2 fully saturated rings. The Labute approximate surface area is 297 Å². The Bertz CT molecular complexity index is 1720. The summed E-state index contributed by atoms with van der Waals surface area (Å²) in [5, 5.41) is 26.3. The van der Waals surface area contributed by atoms with E-state index in [0.717, 1.165) is 16.9 Å². The lowest BCUT2D eigenvalue weighted by molar-refractivity contribution is -0.150. The number of carbonyl (C=O) groups is 5. The summed E-state index contributed by atoms with van der Waals surface area (Å²) in [6.07, 6.45) is -1.61. The van der Waals surface area contributed by atoms with Gasteiger partial charge in [0.05, 0.1) is 24.8 Å². The molecule has 3 N–H and O–H groups in total. The molecule has 0 bridgehead atoms. The summed E-state index contributed by atoms with van der Waals surface area (Å²) in [7, 11) is 0. The van der Waals surface area contributed by atoms with Gasteiger partial charge < -0.3 is 34.9 Å². The number of hydrogen-bond acceptors (Lipinski definition) is 10. The van der Waals surface area contributed by atoms with Gasteiger partial charge in [-0.15, -0.1) is 0 Å². The molecule has 0 spiro atoms. The Balaban J connectivity index is 1.29. The number of morpholine rings is 1. The van der Waals surface area contributed by atoms with Crippen LogP contribution in [0.15, 0.2) is 36.4 Å². The van der Waals surface area contributed by atoms with E-state index in [0.29, 0.717) is 23.7 Å². The first-order valence-electron chi connectivity index (χ1n) is 17.0. The molecule has 2 aromatic rings. The van der Waals surface area contributed by atoms with Gasteiger partial charge in [0.15, 0.2) is 12.2 Å². The van der Waals surface area contributed by atoms with Crippen LogP contribution < -0.4 is 15.5 Å². The molecule has 51 heavy (non-hydrogen) atoms. The first-order valence-corrected chi connectivity index (χ1v) is 17.0. The van der Waals surface area contributed by atoms with Crippen LogP contribution >= 0.6 is 0 Å². The molecule has 5 rings (SSSR count). The van der Waals surface area contributed by atoms with Crippen molar-refractivity contribution in [2.45, 2.75) is 97.2 Å². The maximum atomic E-state index is 13.6. The predicted molar refractivity (Wildman–Crippen MR) is 186 cm³/mol. The molecule has 1 unspecified atom stereocenters. The number of carbonyl (C=O) groups excluding carboxylic acids is 5. The van der Waals surface area contributed by atoms with E-state index in [2.05, 4.69) is 10.6 Å². The summed E-state index contributed by atoms with van der Waals surface area (Å²) >= 11 is 0. The Kier molecular flexibility index (Phi) is 10.7. The average molecular weight is 704 g/mol. The lowest BCUT2D eigenvalue weighted by Crippen LogP contribution is -2.55. The van der Waals surface area contributed by atoms with Crippen molar-refractivity contribution in [1.82, 2.24) is 4.90 Å². The fourth-order valence-corrected chi connectivity index (χ4v) is 5.93. The highest BCUT2D eigenvalue weighted by Crippen LogP contribution is 2.39. The van der Waals surface area contributed by atoms with Crippen molar-refractivity contribution in [3.8, 4) is 6.07 Å². The third kappa shape index (κ3) is 9.42. The summed E-state index contributed by atoms with van der Waals surface area (Å²) in [4.78, 5) is 67.8. The van der Waals surface area contributed by atoms with E-state index in [1.165, 1.54) is 35.9 Å². The molecule has 272 valence electrons. The molecular weight excluding hydrogens is 658 g/mol. The first-order chi connectivity index (χ1) is 23.9. The number of imide groups is 1. The van der Waals surface area contributed by atoms with Crippen LogP contribution in [0.4, 0.5) is 26.7 Å². The van der Waals surface area contributed by atoms with Gasteiger partial charge in [-0.05, 0) is 102 Å². The summed E-state index contributed by atoms with van der Waals surface area (Å²) < 4.78 is 16.4. The van der Waals surface area contributed by atoms with Crippen LogP contribution in [0, 0.1) is 23.2 Å². The minimum atomic E-state index is -1.92. The highest BCUT2D eigenvalue weighted by atomic mass is 16.6. The molecule has 2 aromatic carbocycles. The molecule has 0 aromatic heterocycles. The van der Waals surface area contributed by atoms with E-state index >= 15 is 0 Å². The maximum Gasteiger partial charge on any atom is 0.420 e. The van der Waals surface area contributed by atoms with Crippen LogP contribution in [0.5, 0.6) is 0 Å². The van der Waals surface area contributed by atoms with Gasteiger partial charge >= 0.3 is 12.2 Å². The standard InChI is InChI=1S/C37H45N5O9/c1-36(2,3)50-34(47)42(35(48)51-37(4,5)6)20-25-17-26(11-9-23(25)19-38)39-32(45)29(43)30-33(46)41(13-14-49-30)27-12-10-22-16-24(15-21-7-8-21)31(44)40-28(22)18-27/h9-12,17-18,21,24,29-30,43H,7-8,13-16,20H2,1-6H3,(H,39,45)(H,40,44)/t24?,29-,30-/m1/s1. The molecule has 1 saturated carbocycles. The van der Waals surface area contributed by atoms with E-state index in [4.69, 9.17) is 14.2 Å². The van der Waals surface area contributed by atoms with Crippen LogP contribution in [-0.2, 0) is 41.6 Å². The number of ether oxygens (including phenoxy) is 3. The summed E-state index contributed by atoms with van der Waals surface area (Å²) in [6.45, 7) is 9.60. The van der Waals surface area contributed by atoms with Gasteiger partial charge in [0.1, 0.15) is 11.2 Å². The van der Waals surface area contributed by atoms with Gasteiger partial charge in [-0.2, -0.15) is 5.26 Å². The molecule has 1 saturated heterocycles.